The van der Waals surface area contributed by atoms with Crippen LogP contribution < -0.4 is 15.0 Å². The minimum atomic E-state index is -0.346. The molecule has 3 amide bonds. The average molecular weight is 412 g/mol. The van der Waals surface area contributed by atoms with Gasteiger partial charge in [0.1, 0.15) is 18.5 Å². The molecule has 0 atom stereocenters. The van der Waals surface area contributed by atoms with Gasteiger partial charge in [-0.1, -0.05) is 6.07 Å². The maximum absolute atomic E-state index is 13.1. The first-order chi connectivity index (χ1) is 14.6. The summed E-state index contributed by atoms with van der Waals surface area (Å²) in [6.45, 7) is 0.975. The Morgan fingerprint density at radius 1 is 1.10 bits per heavy atom. The van der Waals surface area contributed by atoms with Gasteiger partial charge in [0.05, 0.1) is 0 Å². The number of nitrogens with one attached hydrogen (secondary N) is 1. The van der Waals surface area contributed by atoms with Crippen LogP contribution in [0.25, 0.3) is 0 Å². The maximum Gasteiger partial charge on any atom is 0.325 e. The Bertz CT molecular complexity index is 870. The maximum atomic E-state index is 13.1. The highest BCUT2D eigenvalue weighted by atomic mass is 19.1. The molecule has 2 heterocycles. The van der Waals surface area contributed by atoms with E-state index in [9.17, 15) is 14.0 Å². The lowest BCUT2D eigenvalue weighted by Crippen LogP contribution is -2.45. The van der Waals surface area contributed by atoms with Crippen LogP contribution in [0.3, 0.4) is 0 Å². The largest absolute Gasteiger partial charge is 0.474 e. The number of urea groups is 1. The molecule has 1 aromatic heterocycles. The van der Waals surface area contributed by atoms with E-state index in [1.165, 1.54) is 17.0 Å². The summed E-state index contributed by atoms with van der Waals surface area (Å²) >= 11 is 0. The van der Waals surface area contributed by atoms with Crippen LogP contribution in [0, 0.1) is 5.82 Å². The highest BCUT2D eigenvalue weighted by Crippen LogP contribution is 2.23. The summed E-state index contributed by atoms with van der Waals surface area (Å²) in [7, 11) is 0. The first-order valence-corrected chi connectivity index (χ1v) is 10.3. The highest BCUT2D eigenvalue weighted by Gasteiger charge is 2.31. The Morgan fingerprint density at radius 3 is 2.57 bits per heavy atom. The van der Waals surface area contributed by atoms with E-state index in [0.29, 0.717) is 24.7 Å². The zero-order valence-corrected chi connectivity index (χ0v) is 16.7. The molecule has 8 heteroatoms. The SMILES string of the molecule is O=C(CN1CCN(c2ccc(F)cc2)C1=O)NC1CCC(Oc2ccccn2)CC1. The second-order valence-corrected chi connectivity index (χ2v) is 7.66. The average Bonchev–Trinajstić information content (AvgIpc) is 3.11. The zero-order chi connectivity index (χ0) is 20.9. The topological polar surface area (TPSA) is 74.8 Å². The van der Waals surface area contributed by atoms with Gasteiger partial charge in [-0.25, -0.2) is 14.2 Å². The fourth-order valence-electron chi connectivity index (χ4n) is 3.95. The molecular weight excluding hydrogens is 387 g/mol. The van der Waals surface area contributed by atoms with Crippen molar-refractivity contribution in [1.82, 2.24) is 15.2 Å². The van der Waals surface area contributed by atoms with Gasteiger partial charge in [-0.05, 0) is 56.0 Å². The molecule has 2 aromatic rings. The number of carbonyl (C=O) groups excluding carboxylic acids is 2. The predicted octanol–water partition coefficient (Wildman–Crippen LogP) is 2.97. The zero-order valence-electron chi connectivity index (χ0n) is 16.7. The molecular formula is C22H25FN4O3. The van der Waals surface area contributed by atoms with Crippen molar-refractivity contribution in [3.8, 4) is 5.88 Å². The monoisotopic (exact) mass is 412 g/mol. The summed E-state index contributed by atoms with van der Waals surface area (Å²) in [4.78, 5) is 32.3. The molecule has 2 fully saturated rings. The normalized spacial score (nSPS) is 21.6. The first-order valence-electron chi connectivity index (χ1n) is 10.3. The minimum Gasteiger partial charge on any atom is -0.474 e. The molecule has 7 nitrogen and oxygen atoms in total. The summed E-state index contributed by atoms with van der Waals surface area (Å²) in [5, 5.41) is 3.04. The van der Waals surface area contributed by atoms with Gasteiger partial charge in [-0.15, -0.1) is 0 Å². The third kappa shape index (κ3) is 4.87. The van der Waals surface area contributed by atoms with Crippen LogP contribution in [0.5, 0.6) is 5.88 Å². The van der Waals surface area contributed by atoms with Crippen LogP contribution in [0.15, 0.2) is 48.7 Å². The molecule has 1 aromatic carbocycles. The second kappa shape index (κ2) is 9.11. The summed E-state index contributed by atoms with van der Waals surface area (Å²) in [6, 6.07) is 11.2. The van der Waals surface area contributed by atoms with E-state index in [4.69, 9.17) is 4.74 Å². The summed E-state index contributed by atoms with van der Waals surface area (Å²) < 4.78 is 19.0. The highest BCUT2D eigenvalue weighted by molar-refractivity contribution is 5.96. The molecule has 4 rings (SSSR count). The molecule has 1 N–H and O–H groups in total. The summed E-state index contributed by atoms with van der Waals surface area (Å²) in [6.07, 6.45) is 5.18. The molecule has 158 valence electrons. The van der Waals surface area contributed by atoms with Crippen molar-refractivity contribution in [3.63, 3.8) is 0 Å². The molecule has 0 radical (unpaired) electrons. The van der Waals surface area contributed by atoms with Crippen LogP contribution in [0.1, 0.15) is 25.7 Å². The van der Waals surface area contributed by atoms with Crippen molar-refractivity contribution in [2.75, 3.05) is 24.5 Å². The second-order valence-electron chi connectivity index (χ2n) is 7.66. The van der Waals surface area contributed by atoms with E-state index in [0.717, 1.165) is 25.7 Å². The van der Waals surface area contributed by atoms with Gasteiger partial charge in [-0.2, -0.15) is 0 Å². The van der Waals surface area contributed by atoms with Gasteiger partial charge < -0.3 is 15.0 Å². The molecule has 0 bridgehead atoms. The Kier molecular flexibility index (Phi) is 6.11. The van der Waals surface area contributed by atoms with Crippen LogP contribution in [0.2, 0.25) is 0 Å². The van der Waals surface area contributed by atoms with Gasteiger partial charge in [0.25, 0.3) is 0 Å². The molecule has 1 aliphatic heterocycles. The van der Waals surface area contributed by atoms with Gasteiger partial charge in [-0.3, -0.25) is 9.69 Å². The smallest absolute Gasteiger partial charge is 0.325 e. The number of rotatable bonds is 6. The van der Waals surface area contributed by atoms with Crippen LogP contribution in [-0.4, -0.2) is 53.6 Å². The van der Waals surface area contributed by atoms with Crippen molar-refractivity contribution >= 4 is 17.6 Å². The molecule has 1 aliphatic carbocycles. The number of carbonyl (C=O) groups is 2. The lowest BCUT2D eigenvalue weighted by Gasteiger charge is -2.29. The van der Waals surface area contributed by atoms with Crippen LogP contribution in [-0.2, 0) is 4.79 Å². The summed E-state index contributed by atoms with van der Waals surface area (Å²) in [5.74, 6) is 0.128. The Labute approximate surface area is 174 Å². The van der Waals surface area contributed by atoms with Crippen molar-refractivity contribution in [3.05, 3.63) is 54.5 Å². The number of benzene rings is 1. The standard InChI is InChI=1S/C22H25FN4O3/c23-16-4-8-18(9-5-16)27-14-13-26(22(27)29)15-20(28)25-17-6-10-19(11-7-17)30-21-3-1-2-12-24-21/h1-5,8-9,12,17,19H,6-7,10-11,13-15H2,(H,25,28). The molecule has 0 unspecified atom stereocenters. The Hall–Kier alpha value is -3.16. The van der Waals surface area contributed by atoms with E-state index < -0.39 is 0 Å². The van der Waals surface area contributed by atoms with E-state index in [1.54, 1.807) is 23.2 Å². The third-order valence-corrected chi connectivity index (χ3v) is 5.53. The van der Waals surface area contributed by atoms with E-state index in [1.807, 2.05) is 18.2 Å². The van der Waals surface area contributed by atoms with Crippen molar-refractivity contribution in [1.29, 1.82) is 0 Å². The predicted molar refractivity (Wildman–Crippen MR) is 110 cm³/mol. The van der Waals surface area contributed by atoms with Gasteiger partial charge in [0.2, 0.25) is 11.8 Å². The molecule has 1 saturated heterocycles. The number of hydrogen-bond donors (Lipinski definition) is 1. The lowest BCUT2D eigenvalue weighted by atomic mass is 9.93. The Balaban J connectivity index is 1.22. The van der Waals surface area contributed by atoms with Crippen molar-refractivity contribution in [2.45, 2.75) is 37.8 Å². The van der Waals surface area contributed by atoms with E-state index >= 15 is 0 Å². The number of hydrogen-bond acceptors (Lipinski definition) is 4. The first kappa shape index (κ1) is 20.1. The quantitative estimate of drug-likeness (QED) is 0.792. The summed E-state index contributed by atoms with van der Waals surface area (Å²) in [5.41, 5.74) is 0.635. The Morgan fingerprint density at radius 2 is 1.87 bits per heavy atom. The number of halogens is 1. The van der Waals surface area contributed by atoms with E-state index in [-0.39, 0.29) is 36.4 Å². The third-order valence-electron chi connectivity index (χ3n) is 5.53. The molecule has 2 aliphatic rings. The minimum absolute atomic E-state index is 0.0287. The number of ether oxygens (including phenoxy) is 1. The van der Waals surface area contributed by atoms with E-state index in [2.05, 4.69) is 10.3 Å². The number of nitrogens with zero attached hydrogens (tertiary/aromatic N) is 3. The van der Waals surface area contributed by atoms with Crippen LogP contribution >= 0.6 is 0 Å². The molecule has 0 spiro atoms. The lowest BCUT2D eigenvalue weighted by molar-refractivity contribution is -0.122. The number of pyridine rings is 1. The van der Waals surface area contributed by atoms with Gasteiger partial charge in [0.15, 0.2) is 0 Å². The number of amides is 3. The number of anilines is 1. The molecule has 1 saturated carbocycles. The van der Waals surface area contributed by atoms with Crippen LogP contribution in [0.4, 0.5) is 14.9 Å². The van der Waals surface area contributed by atoms with Crippen molar-refractivity contribution < 1.29 is 18.7 Å². The van der Waals surface area contributed by atoms with Crippen molar-refractivity contribution in [2.24, 2.45) is 0 Å². The van der Waals surface area contributed by atoms with Gasteiger partial charge in [0, 0.05) is 37.1 Å². The van der Waals surface area contributed by atoms with Gasteiger partial charge >= 0.3 is 6.03 Å². The molecule has 30 heavy (non-hydrogen) atoms. The fraction of sp³-hybridized carbons (Fsp3) is 0.409. The fourth-order valence-corrected chi connectivity index (χ4v) is 3.95. The number of aromatic nitrogens is 1.